The van der Waals surface area contributed by atoms with Gasteiger partial charge in [0.05, 0.1) is 6.42 Å². The number of carbonyl (C=O) groups excluding carboxylic acids is 1. The number of aliphatic carboxylic acids is 1. The van der Waals surface area contributed by atoms with Crippen LogP contribution < -0.4 is 0 Å². The van der Waals surface area contributed by atoms with Gasteiger partial charge in [0.2, 0.25) is 0 Å². The van der Waals surface area contributed by atoms with Gasteiger partial charge in [-0.1, -0.05) is 12.2 Å². The second kappa shape index (κ2) is 4.90. The summed E-state index contributed by atoms with van der Waals surface area (Å²) in [5.41, 5.74) is 0. The fourth-order valence-corrected chi connectivity index (χ4v) is 3.11. The van der Waals surface area contributed by atoms with Gasteiger partial charge in [-0.05, 0) is 37.0 Å². The van der Waals surface area contributed by atoms with Crippen LogP contribution in [0.1, 0.15) is 32.6 Å². The van der Waals surface area contributed by atoms with E-state index in [2.05, 4.69) is 12.2 Å². The van der Waals surface area contributed by atoms with Gasteiger partial charge in [0, 0.05) is 6.92 Å². The minimum absolute atomic E-state index is 0.0861. The number of esters is 1. The lowest BCUT2D eigenvalue weighted by Gasteiger charge is -2.23. The van der Waals surface area contributed by atoms with E-state index in [1.807, 2.05) is 0 Å². The van der Waals surface area contributed by atoms with Crippen LogP contribution in [0.5, 0.6) is 0 Å². The van der Waals surface area contributed by atoms with Crippen molar-refractivity contribution in [2.24, 2.45) is 17.8 Å². The van der Waals surface area contributed by atoms with E-state index in [0.29, 0.717) is 24.2 Å². The van der Waals surface area contributed by atoms with Gasteiger partial charge in [-0.2, -0.15) is 0 Å². The first-order chi connectivity index (χ1) is 8.04. The van der Waals surface area contributed by atoms with Crippen molar-refractivity contribution in [2.75, 3.05) is 0 Å². The average Bonchev–Trinajstić information content (AvgIpc) is 2.76. The van der Waals surface area contributed by atoms with Gasteiger partial charge in [0.15, 0.2) is 0 Å². The van der Waals surface area contributed by atoms with E-state index < -0.39 is 18.0 Å². The van der Waals surface area contributed by atoms with Crippen LogP contribution in [0.15, 0.2) is 12.2 Å². The number of carbonyl (C=O) groups is 2. The molecule has 17 heavy (non-hydrogen) atoms. The molecule has 2 aliphatic rings. The van der Waals surface area contributed by atoms with Crippen molar-refractivity contribution in [2.45, 2.75) is 38.7 Å². The van der Waals surface area contributed by atoms with Gasteiger partial charge >= 0.3 is 11.9 Å². The molecule has 2 bridgehead atoms. The SMILES string of the molecule is CC(=O)OC(CC(=O)O)CC1CC2C=CC1C2. The number of rotatable bonds is 5. The summed E-state index contributed by atoms with van der Waals surface area (Å²) in [4.78, 5) is 21.7. The van der Waals surface area contributed by atoms with Crippen LogP contribution in [-0.4, -0.2) is 23.1 Å². The molecule has 2 aliphatic carbocycles. The molecule has 0 heterocycles. The maximum absolute atomic E-state index is 10.9. The standard InChI is InChI=1S/C13H18O4/c1-8(14)17-12(7-13(15)16)6-11-5-9-2-3-10(11)4-9/h2-3,9-12H,4-7H2,1H3,(H,15,16). The maximum Gasteiger partial charge on any atom is 0.307 e. The monoisotopic (exact) mass is 238 g/mol. The maximum atomic E-state index is 10.9. The Morgan fingerprint density at radius 1 is 1.41 bits per heavy atom. The molecule has 94 valence electrons. The Morgan fingerprint density at radius 3 is 2.65 bits per heavy atom. The minimum atomic E-state index is -0.907. The Morgan fingerprint density at radius 2 is 2.18 bits per heavy atom. The minimum Gasteiger partial charge on any atom is -0.481 e. The zero-order valence-electron chi connectivity index (χ0n) is 9.96. The third-order valence-corrected chi connectivity index (χ3v) is 3.72. The van der Waals surface area contributed by atoms with Crippen LogP contribution in [0.25, 0.3) is 0 Å². The summed E-state index contributed by atoms with van der Waals surface area (Å²) < 4.78 is 5.09. The topological polar surface area (TPSA) is 63.6 Å². The van der Waals surface area contributed by atoms with E-state index in [1.54, 1.807) is 0 Å². The Bertz CT molecular complexity index is 331. The highest BCUT2D eigenvalue weighted by atomic mass is 16.5. The number of fused-ring (bicyclic) bond motifs is 2. The highest BCUT2D eigenvalue weighted by Crippen LogP contribution is 2.45. The zero-order chi connectivity index (χ0) is 12.4. The Balaban J connectivity index is 1.90. The normalized spacial score (nSPS) is 31.5. The zero-order valence-corrected chi connectivity index (χ0v) is 9.96. The molecule has 4 unspecified atom stereocenters. The van der Waals surface area contributed by atoms with Crippen molar-refractivity contribution in [3.05, 3.63) is 12.2 Å². The lowest BCUT2D eigenvalue weighted by atomic mass is 9.88. The molecule has 1 fully saturated rings. The summed E-state index contributed by atoms with van der Waals surface area (Å²) in [5, 5.41) is 8.80. The Labute approximate surface area is 101 Å². The summed E-state index contributed by atoms with van der Waals surface area (Å²) in [6.07, 6.45) is 6.89. The molecule has 4 nitrogen and oxygen atoms in total. The predicted molar refractivity (Wildman–Crippen MR) is 61.3 cm³/mol. The molecule has 0 radical (unpaired) electrons. The van der Waals surface area contributed by atoms with Crippen LogP contribution in [-0.2, 0) is 14.3 Å². The van der Waals surface area contributed by atoms with E-state index in [-0.39, 0.29) is 6.42 Å². The number of hydrogen-bond donors (Lipinski definition) is 1. The second-order valence-corrected chi connectivity index (χ2v) is 5.11. The molecular weight excluding hydrogens is 220 g/mol. The predicted octanol–water partition coefficient (Wildman–Crippen LogP) is 2.00. The molecule has 0 saturated heterocycles. The third kappa shape index (κ3) is 3.08. The molecule has 1 saturated carbocycles. The van der Waals surface area contributed by atoms with Gasteiger partial charge in [0.25, 0.3) is 0 Å². The quantitative estimate of drug-likeness (QED) is 0.587. The van der Waals surface area contributed by atoms with Crippen molar-refractivity contribution in [3.8, 4) is 0 Å². The van der Waals surface area contributed by atoms with Crippen molar-refractivity contribution < 1.29 is 19.4 Å². The van der Waals surface area contributed by atoms with Crippen LogP contribution >= 0.6 is 0 Å². The summed E-state index contributed by atoms with van der Waals surface area (Å²) in [6.45, 7) is 1.33. The van der Waals surface area contributed by atoms with E-state index in [9.17, 15) is 9.59 Å². The molecule has 4 heteroatoms. The highest BCUT2D eigenvalue weighted by Gasteiger charge is 2.37. The summed E-state index contributed by atoms with van der Waals surface area (Å²) >= 11 is 0. The first-order valence-electron chi connectivity index (χ1n) is 6.12. The molecule has 0 aromatic carbocycles. The number of carboxylic acids is 1. The Kier molecular flexibility index (Phi) is 3.50. The first kappa shape index (κ1) is 12.1. The molecular formula is C13H18O4. The number of carboxylic acid groups (broad SMARTS) is 1. The van der Waals surface area contributed by atoms with Crippen molar-refractivity contribution in [3.63, 3.8) is 0 Å². The molecule has 0 spiro atoms. The molecule has 0 aliphatic heterocycles. The van der Waals surface area contributed by atoms with Crippen molar-refractivity contribution >= 4 is 11.9 Å². The average molecular weight is 238 g/mol. The molecule has 0 aromatic rings. The van der Waals surface area contributed by atoms with E-state index in [4.69, 9.17) is 9.84 Å². The number of hydrogen-bond acceptors (Lipinski definition) is 3. The van der Waals surface area contributed by atoms with E-state index >= 15 is 0 Å². The fourth-order valence-electron chi connectivity index (χ4n) is 3.11. The van der Waals surface area contributed by atoms with Crippen LogP contribution in [0.3, 0.4) is 0 Å². The van der Waals surface area contributed by atoms with Gasteiger partial charge < -0.3 is 9.84 Å². The largest absolute Gasteiger partial charge is 0.481 e. The first-order valence-corrected chi connectivity index (χ1v) is 6.12. The third-order valence-electron chi connectivity index (χ3n) is 3.72. The lowest BCUT2D eigenvalue weighted by molar-refractivity contribution is -0.151. The number of allylic oxidation sites excluding steroid dienone is 2. The molecule has 0 amide bonds. The smallest absolute Gasteiger partial charge is 0.307 e. The highest BCUT2D eigenvalue weighted by molar-refractivity contribution is 5.69. The van der Waals surface area contributed by atoms with Crippen molar-refractivity contribution in [1.29, 1.82) is 0 Å². The summed E-state index contributed by atoms with van der Waals surface area (Å²) in [5.74, 6) is 0.401. The van der Waals surface area contributed by atoms with E-state index in [1.165, 1.54) is 13.3 Å². The molecule has 4 atom stereocenters. The van der Waals surface area contributed by atoms with Gasteiger partial charge in [-0.15, -0.1) is 0 Å². The van der Waals surface area contributed by atoms with Crippen molar-refractivity contribution in [1.82, 2.24) is 0 Å². The fraction of sp³-hybridized carbons (Fsp3) is 0.692. The Hall–Kier alpha value is -1.32. The van der Waals surface area contributed by atoms with Gasteiger partial charge in [-0.25, -0.2) is 0 Å². The lowest BCUT2D eigenvalue weighted by Crippen LogP contribution is -2.24. The summed E-state index contributed by atoms with van der Waals surface area (Å²) in [6, 6.07) is 0. The summed E-state index contributed by atoms with van der Waals surface area (Å²) in [7, 11) is 0. The van der Waals surface area contributed by atoms with Crippen LogP contribution in [0.4, 0.5) is 0 Å². The van der Waals surface area contributed by atoms with Crippen LogP contribution in [0, 0.1) is 17.8 Å². The van der Waals surface area contributed by atoms with Gasteiger partial charge in [0.1, 0.15) is 6.10 Å². The van der Waals surface area contributed by atoms with Crippen LogP contribution in [0.2, 0.25) is 0 Å². The van der Waals surface area contributed by atoms with E-state index in [0.717, 1.165) is 6.42 Å². The number of ether oxygens (including phenoxy) is 1. The van der Waals surface area contributed by atoms with Gasteiger partial charge in [-0.3, -0.25) is 9.59 Å². The molecule has 2 rings (SSSR count). The molecule has 0 aromatic heterocycles. The molecule has 1 N–H and O–H groups in total. The second-order valence-electron chi connectivity index (χ2n) is 5.11.